The Morgan fingerprint density at radius 2 is 1.59 bits per heavy atom. The van der Waals surface area contributed by atoms with E-state index in [1.165, 1.54) is 0 Å². The van der Waals surface area contributed by atoms with Gasteiger partial charge in [-0.3, -0.25) is 19.2 Å². The third-order valence-corrected chi connectivity index (χ3v) is 5.19. The zero-order valence-corrected chi connectivity index (χ0v) is 18.9. The standard InChI is InChI=1S/C24H28ClN3O4/c1-15(2)21(28-20(29)12-11-17-9-6-10-18(25)13-17)24(32)27-19(22(30)23(26)31)14-16-7-4-3-5-8-16/h3-10,13,15,19,21H,11-12,14H2,1-2H3,(H2,26,31)(H,27,32)(H,28,29). The van der Waals surface area contributed by atoms with Crippen molar-refractivity contribution in [2.45, 2.75) is 45.2 Å². The number of rotatable bonds is 11. The zero-order chi connectivity index (χ0) is 23.7. The molecule has 8 heteroatoms. The second-order valence-electron chi connectivity index (χ2n) is 7.90. The molecule has 0 bridgehead atoms. The van der Waals surface area contributed by atoms with Gasteiger partial charge < -0.3 is 16.4 Å². The van der Waals surface area contributed by atoms with Crippen LogP contribution in [0.2, 0.25) is 5.02 Å². The first kappa shape index (κ1) is 25.1. The maximum Gasteiger partial charge on any atom is 0.287 e. The summed E-state index contributed by atoms with van der Waals surface area (Å²) >= 11 is 5.97. The molecule has 0 aliphatic rings. The van der Waals surface area contributed by atoms with Crippen molar-refractivity contribution in [3.63, 3.8) is 0 Å². The Bertz CT molecular complexity index is 963. The first-order valence-corrected chi connectivity index (χ1v) is 10.8. The summed E-state index contributed by atoms with van der Waals surface area (Å²) in [6.45, 7) is 3.56. The Balaban J connectivity index is 2.04. The molecule has 0 saturated carbocycles. The Morgan fingerprint density at radius 3 is 2.19 bits per heavy atom. The number of nitrogens with one attached hydrogen (secondary N) is 2. The maximum absolute atomic E-state index is 12.9. The lowest BCUT2D eigenvalue weighted by atomic mass is 9.99. The molecular weight excluding hydrogens is 430 g/mol. The van der Waals surface area contributed by atoms with Crippen LogP contribution >= 0.6 is 11.6 Å². The van der Waals surface area contributed by atoms with Crippen LogP contribution in [0, 0.1) is 5.92 Å². The molecule has 2 aromatic rings. The van der Waals surface area contributed by atoms with Crippen LogP contribution in [-0.2, 0) is 32.0 Å². The van der Waals surface area contributed by atoms with Gasteiger partial charge in [-0.05, 0) is 35.6 Å². The molecule has 3 amide bonds. The van der Waals surface area contributed by atoms with E-state index in [9.17, 15) is 19.2 Å². The minimum absolute atomic E-state index is 0.113. The number of benzene rings is 2. The van der Waals surface area contributed by atoms with Gasteiger partial charge in [-0.1, -0.05) is 67.9 Å². The quantitative estimate of drug-likeness (QED) is 0.448. The number of hydrogen-bond acceptors (Lipinski definition) is 4. The number of amides is 3. The number of ketones is 1. The van der Waals surface area contributed by atoms with Crippen LogP contribution in [0.3, 0.4) is 0 Å². The Morgan fingerprint density at radius 1 is 0.938 bits per heavy atom. The number of nitrogens with two attached hydrogens (primary N) is 1. The number of halogens is 1. The number of aryl methyl sites for hydroxylation is 1. The summed E-state index contributed by atoms with van der Waals surface area (Å²) in [5, 5.41) is 5.91. The van der Waals surface area contributed by atoms with Crippen molar-refractivity contribution < 1.29 is 19.2 Å². The highest BCUT2D eigenvalue weighted by atomic mass is 35.5. The predicted molar refractivity (Wildman–Crippen MR) is 123 cm³/mol. The highest BCUT2D eigenvalue weighted by Crippen LogP contribution is 2.13. The number of primary amides is 1. The average molecular weight is 458 g/mol. The van der Waals surface area contributed by atoms with E-state index in [-0.39, 0.29) is 24.7 Å². The van der Waals surface area contributed by atoms with Crippen LogP contribution in [0.1, 0.15) is 31.4 Å². The molecular formula is C24H28ClN3O4. The third kappa shape index (κ3) is 7.81. The number of carbonyl (C=O) groups is 4. The molecule has 170 valence electrons. The van der Waals surface area contributed by atoms with E-state index >= 15 is 0 Å². The number of hydrogen-bond donors (Lipinski definition) is 3. The zero-order valence-electron chi connectivity index (χ0n) is 18.1. The van der Waals surface area contributed by atoms with Crippen molar-refractivity contribution in [2.24, 2.45) is 11.7 Å². The molecule has 32 heavy (non-hydrogen) atoms. The van der Waals surface area contributed by atoms with Crippen LogP contribution in [-0.4, -0.2) is 35.6 Å². The van der Waals surface area contributed by atoms with Crippen molar-refractivity contribution in [3.05, 3.63) is 70.7 Å². The molecule has 2 rings (SSSR count). The van der Waals surface area contributed by atoms with Crippen molar-refractivity contribution in [1.29, 1.82) is 0 Å². The fourth-order valence-electron chi connectivity index (χ4n) is 3.22. The fraction of sp³-hybridized carbons (Fsp3) is 0.333. The average Bonchev–Trinajstić information content (AvgIpc) is 2.75. The molecule has 0 aliphatic carbocycles. The molecule has 0 aliphatic heterocycles. The summed E-state index contributed by atoms with van der Waals surface area (Å²) in [6.07, 6.45) is 0.752. The minimum atomic E-state index is -1.13. The Kier molecular flexibility index (Phi) is 9.40. The van der Waals surface area contributed by atoms with Gasteiger partial charge in [0.15, 0.2) is 0 Å². The summed E-state index contributed by atoms with van der Waals surface area (Å²) in [5.41, 5.74) is 6.84. The summed E-state index contributed by atoms with van der Waals surface area (Å²) in [6, 6.07) is 14.2. The van der Waals surface area contributed by atoms with Crippen LogP contribution in [0.4, 0.5) is 0 Å². The van der Waals surface area contributed by atoms with E-state index in [4.69, 9.17) is 17.3 Å². The van der Waals surface area contributed by atoms with Gasteiger partial charge in [0.25, 0.3) is 5.91 Å². The SMILES string of the molecule is CC(C)C(NC(=O)CCc1cccc(Cl)c1)C(=O)NC(Cc1ccccc1)C(=O)C(N)=O. The van der Waals surface area contributed by atoms with E-state index < -0.39 is 29.7 Å². The summed E-state index contributed by atoms with van der Waals surface area (Å²) in [7, 11) is 0. The van der Waals surface area contributed by atoms with Crippen LogP contribution in [0.15, 0.2) is 54.6 Å². The topological polar surface area (TPSA) is 118 Å². The molecule has 2 unspecified atom stereocenters. The molecule has 2 atom stereocenters. The van der Waals surface area contributed by atoms with E-state index in [0.717, 1.165) is 11.1 Å². The molecule has 0 radical (unpaired) electrons. The van der Waals surface area contributed by atoms with Crippen LogP contribution < -0.4 is 16.4 Å². The van der Waals surface area contributed by atoms with Crippen molar-refractivity contribution >= 4 is 35.1 Å². The van der Waals surface area contributed by atoms with Gasteiger partial charge in [-0.25, -0.2) is 0 Å². The van der Waals surface area contributed by atoms with Crippen molar-refractivity contribution in [2.75, 3.05) is 0 Å². The highest BCUT2D eigenvalue weighted by molar-refractivity contribution is 6.38. The van der Waals surface area contributed by atoms with E-state index in [0.29, 0.717) is 11.4 Å². The molecule has 0 spiro atoms. The fourth-order valence-corrected chi connectivity index (χ4v) is 3.44. The molecule has 4 N–H and O–H groups in total. The normalized spacial score (nSPS) is 12.6. The van der Waals surface area contributed by atoms with Gasteiger partial charge in [0.1, 0.15) is 12.1 Å². The summed E-state index contributed by atoms with van der Waals surface area (Å²) < 4.78 is 0. The Hall–Kier alpha value is -3.19. The van der Waals surface area contributed by atoms with E-state index in [2.05, 4.69) is 10.6 Å². The van der Waals surface area contributed by atoms with Gasteiger partial charge in [0.2, 0.25) is 17.6 Å². The van der Waals surface area contributed by atoms with Crippen LogP contribution in [0.25, 0.3) is 0 Å². The van der Waals surface area contributed by atoms with Crippen LogP contribution in [0.5, 0.6) is 0 Å². The van der Waals surface area contributed by atoms with Gasteiger partial charge in [-0.2, -0.15) is 0 Å². The lowest BCUT2D eigenvalue weighted by molar-refractivity contribution is -0.139. The molecule has 2 aromatic carbocycles. The van der Waals surface area contributed by atoms with E-state index in [1.807, 2.05) is 18.2 Å². The van der Waals surface area contributed by atoms with Gasteiger partial charge in [0, 0.05) is 17.9 Å². The highest BCUT2D eigenvalue weighted by Gasteiger charge is 2.30. The summed E-state index contributed by atoms with van der Waals surface area (Å²) in [4.78, 5) is 49.2. The van der Waals surface area contributed by atoms with E-state index in [1.54, 1.807) is 50.2 Å². The lowest BCUT2D eigenvalue weighted by Gasteiger charge is -2.25. The van der Waals surface area contributed by atoms with Crippen molar-refractivity contribution in [3.8, 4) is 0 Å². The van der Waals surface area contributed by atoms with Gasteiger partial charge in [0.05, 0.1) is 0 Å². The first-order valence-electron chi connectivity index (χ1n) is 10.4. The molecule has 0 saturated heterocycles. The number of carbonyl (C=O) groups excluding carboxylic acids is 4. The monoisotopic (exact) mass is 457 g/mol. The first-order chi connectivity index (χ1) is 15.2. The maximum atomic E-state index is 12.9. The summed E-state index contributed by atoms with van der Waals surface area (Å²) in [5.74, 6) is -3.12. The van der Waals surface area contributed by atoms with Crippen molar-refractivity contribution in [1.82, 2.24) is 10.6 Å². The molecule has 0 heterocycles. The largest absolute Gasteiger partial charge is 0.363 e. The third-order valence-electron chi connectivity index (χ3n) is 4.95. The van der Waals surface area contributed by atoms with Gasteiger partial charge >= 0.3 is 0 Å². The lowest BCUT2D eigenvalue weighted by Crippen LogP contribution is -2.55. The molecule has 7 nitrogen and oxygen atoms in total. The molecule has 0 aromatic heterocycles. The number of Topliss-reactive ketones (excluding diaryl/α,β-unsaturated/α-hetero) is 1. The second-order valence-corrected chi connectivity index (χ2v) is 8.33. The Labute approximate surface area is 192 Å². The predicted octanol–water partition coefficient (Wildman–Crippen LogP) is 2.20. The molecule has 0 fully saturated rings. The smallest absolute Gasteiger partial charge is 0.287 e. The van der Waals surface area contributed by atoms with Gasteiger partial charge in [-0.15, -0.1) is 0 Å². The minimum Gasteiger partial charge on any atom is -0.363 e. The second kappa shape index (κ2) is 12.0.